The molecule has 2 fully saturated rings. The zero-order chi connectivity index (χ0) is 16.9. The van der Waals surface area contributed by atoms with Gasteiger partial charge in [-0.2, -0.15) is 11.8 Å². The first-order chi connectivity index (χ1) is 11.6. The van der Waals surface area contributed by atoms with Gasteiger partial charge in [-0.3, -0.25) is 0 Å². The van der Waals surface area contributed by atoms with Gasteiger partial charge in [-0.15, -0.1) is 24.0 Å². The minimum atomic E-state index is -0.255. The number of nitrogens with two attached hydrogens (primary N) is 1. The van der Waals surface area contributed by atoms with Crippen LogP contribution in [0.1, 0.15) is 18.4 Å². The van der Waals surface area contributed by atoms with E-state index in [1.165, 1.54) is 0 Å². The van der Waals surface area contributed by atoms with E-state index < -0.39 is 0 Å². The quantitative estimate of drug-likeness (QED) is 0.395. The average Bonchev–Trinajstić information content (AvgIpc) is 2.61. The van der Waals surface area contributed by atoms with E-state index in [4.69, 9.17) is 5.73 Å². The van der Waals surface area contributed by atoms with Gasteiger partial charge in [0.25, 0.3) is 0 Å². The fourth-order valence-electron chi connectivity index (χ4n) is 3.08. The molecule has 8 heteroatoms. The molecule has 25 heavy (non-hydrogen) atoms. The second kappa shape index (κ2) is 9.82. The van der Waals surface area contributed by atoms with Gasteiger partial charge in [0, 0.05) is 37.7 Å². The van der Waals surface area contributed by atoms with Crippen molar-refractivity contribution in [2.45, 2.75) is 25.5 Å². The third-order valence-electron chi connectivity index (χ3n) is 4.58. The number of benzene rings is 1. The predicted molar refractivity (Wildman–Crippen MR) is 113 cm³/mol. The van der Waals surface area contributed by atoms with E-state index in [2.05, 4.69) is 9.89 Å². The first kappa shape index (κ1) is 20.6. The Morgan fingerprint density at radius 1 is 1.24 bits per heavy atom. The lowest BCUT2D eigenvalue weighted by Gasteiger charge is -2.31. The maximum Gasteiger partial charge on any atom is 0.191 e. The fraction of sp³-hybridized carbons (Fsp3) is 0.588. The summed E-state index contributed by atoms with van der Waals surface area (Å²) >= 11 is 1.93. The molecule has 0 aromatic heterocycles. The SMILES string of the molecule is I.NC(=NCc1ccc(N2CCC(O)CC2)c(F)c1)N1CCSCC1. The number of halogens is 2. The molecule has 2 aliphatic rings. The molecule has 0 aliphatic carbocycles. The highest BCUT2D eigenvalue weighted by Gasteiger charge is 2.19. The molecule has 0 bridgehead atoms. The number of piperidine rings is 1. The Morgan fingerprint density at radius 2 is 1.92 bits per heavy atom. The van der Waals surface area contributed by atoms with Crippen molar-refractivity contribution in [1.82, 2.24) is 4.90 Å². The van der Waals surface area contributed by atoms with Gasteiger partial charge in [0.2, 0.25) is 0 Å². The first-order valence-electron chi connectivity index (χ1n) is 8.47. The number of thioether (sulfide) groups is 1. The van der Waals surface area contributed by atoms with E-state index in [0.29, 0.717) is 44.1 Å². The Morgan fingerprint density at radius 3 is 2.56 bits per heavy atom. The van der Waals surface area contributed by atoms with E-state index in [1.54, 1.807) is 6.07 Å². The highest BCUT2D eigenvalue weighted by Crippen LogP contribution is 2.24. The van der Waals surface area contributed by atoms with Crippen LogP contribution in [-0.2, 0) is 6.54 Å². The molecule has 2 heterocycles. The lowest BCUT2D eigenvalue weighted by molar-refractivity contribution is 0.145. The maximum absolute atomic E-state index is 14.4. The van der Waals surface area contributed by atoms with Gasteiger partial charge in [-0.1, -0.05) is 6.07 Å². The molecule has 5 nitrogen and oxygen atoms in total. The second-order valence-corrected chi connectivity index (χ2v) is 7.50. The normalized spacial score (nSPS) is 19.7. The van der Waals surface area contributed by atoms with Gasteiger partial charge in [0.1, 0.15) is 5.82 Å². The average molecular weight is 480 g/mol. The predicted octanol–water partition coefficient (Wildman–Crippen LogP) is 2.27. The number of anilines is 1. The molecule has 2 saturated heterocycles. The highest BCUT2D eigenvalue weighted by atomic mass is 127. The van der Waals surface area contributed by atoms with Crippen molar-refractivity contribution in [2.75, 3.05) is 42.6 Å². The summed E-state index contributed by atoms with van der Waals surface area (Å²) in [5.41, 5.74) is 7.46. The molecule has 0 spiro atoms. The number of guanidine groups is 1. The Hall–Kier alpha value is -0.740. The zero-order valence-electron chi connectivity index (χ0n) is 14.2. The lowest BCUT2D eigenvalue weighted by Crippen LogP contribution is -2.42. The molecule has 140 valence electrons. The zero-order valence-corrected chi connectivity index (χ0v) is 17.4. The smallest absolute Gasteiger partial charge is 0.191 e. The molecule has 0 radical (unpaired) electrons. The van der Waals surface area contributed by atoms with E-state index in [0.717, 1.165) is 30.2 Å². The molecule has 0 atom stereocenters. The third kappa shape index (κ3) is 5.62. The van der Waals surface area contributed by atoms with Gasteiger partial charge in [0.05, 0.1) is 18.3 Å². The van der Waals surface area contributed by atoms with Crippen molar-refractivity contribution in [2.24, 2.45) is 10.7 Å². The van der Waals surface area contributed by atoms with Crippen LogP contribution in [0.5, 0.6) is 0 Å². The minimum absolute atomic E-state index is 0. The number of nitrogens with zero attached hydrogens (tertiary/aromatic N) is 3. The van der Waals surface area contributed by atoms with Gasteiger partial charge in [-0.25, -0.2) is 9.38 Å². The summed E-state index contributed by atoms with van der Waals surface area (Å²) in [5.74, 6) is 2.46. The van der Waals surface area contributed by atoms with Crippen molar-refractivity contribution in [3.05, 3.63) is 29.6 Å². The molecule has 3 N–H and O–H groups in total. The molecule has 2 aliphatic heterocycles. The number of hydrogen-bond acceptors (Lipinski definition) is 4. The molecular formula is C17H26FIN4OS. The Labute approximate surface area is 169 Å². The number of hydrogen-bond donors (Lipinski definition) is 2. The minimum Gasteiger partial charge on any atom is -0.393 e. The van der Waals surface area contributed by atoms with Crippen molar-refractivity contribution < 1.29 is 9.50 Å². The van der Waals surface area contributed by atoms with E-state index in [1.807, 2.05) is 28.8 Å². The lowest BCUT2D eigenvalue weighted by atomic mass is 10.1. The van der Waals surface area contributed by atoms with Crippen LogP contribution in [0.4, 0.5) is 10.1 Å². The summed E-state index contributed by atoms with van der Waals surface area (Å²) < 4.78 is 14.4. The van der Waals surface area contributed by atoms with Crippen LogP contribution < -0.4 is 10.6 Å². The van der Waals surface area contributed by atoms with Crippen molar-refractivity contribution >= 4 is 47.4 Å². The fourth-order valence-corrected chi connectivity index (χ4v) is 3.98. The van der Waals surface area contributed by atoms with Crippen molar-refractivity contribution in [3.8, 4) is 0 Å². The van der Waals surface area contributed by atoms with Crippen LogP contribution in [0.2, 0.25) is 0 Å². The topological polar surface area (TPSA) is 65.1 Å². The molecular weight excluding hydrogens is 454 g/mol. The Balaban J connectivity index is 0.00000225. The largest absolute Gasteiger partial charge is 0.393 e. The number of aliphatic hydroxyl groups excluding tert-OH is 1. The maximum atomic E-state index is 14.4. The standard InChI is InChI=1S/C17H25FN4OS.HI/c18-15-11-13(12-20-17(19)22-7-9-24-10-8-22)1-2-16(15)21-5-3-14(23)4-6-21;/h1-2,11,14,23H,3-10,12H2,(H2,19,20);1H. The van der Waals surface area contributed by atoms with Gasteiger partial charge in [0.15, 0.2) is 5.96 Å². The first-order valence-corrected chi connectivity index (χ1v) is 9.63. The summed E-state index contributed by atoms with van der Waals surface area (Å²) in [6.45, 7) is 3.62. The van der Waals surface area contributed by atoms with E-state index in [9.17, 15) is 9.50 Å². The summed E-state index contributed by atoms with van der Waals surface area (Å²) in [6, 6.07) is 5.26. The molecule has 1 aromatic carbocycles. The van der Waals surface area contributed by atoms with Crippen LogP contribution in [0.3, 0.4) is 0 Å². The van der Waals surface area contributed by atoms with Crippen LogP contribution >= 0.6 is 35.7 Å². The second-order valence-electron chi connectivity index (χ2n) is 6.28. The molecule has 0 unspecified atom stereocenters. The molecule has 0 amide bonds. The third-order valence-corrected chi connectivity index (χ3v) is 5.52. The van der Waals surface area contributed by atoms with Crippen LogP contribution in [0, 0.1) is 5.82 Å². The van der Waals surface area contributed by atoms with Crippen LogP contribution in [0.15, 0.2) is 23.2 Å². The molecule has 1 aromatic rings. The number of aliphatic imine (C=N–C) groups is 1. The molecule has 3 rings (SSSR count). The summed E-state index contributed by atoms with van der Waals surface area (Å²) in [6.07, 6.45) is 1.13. The number of aliphatic hydroxyl groups is 1. The number of rotatable bonds is 3. The van der Waals surface area contributed by atoms with Crippen LogP contribution in [-0.4, -0.2) is 59.8 Å². The highest BCUT2D eigenvalue weighted by molar-refractivity contribution is 14.0. The summed E-state index contributed by atoms with van der Waals surface area (Å²) in [5, 5.41) is 9.56. The summed E-state index contributed by atoms with van der Waals surface area (Å²) in [7, 11) is 0. The summed E-state index contributed by atoms with van der Waals surface area (Å²) in [4.78, 5) is 8.49. The van der Waals surface area contributed by atoms with Crippen molar-refractivity contribution in [3.63, 3.8) is 0 Å². The van der Waals surface area contributed by atoms with Gasteiger partial charge < -0.3 is 20.6 Å². The van der Waals surface area contributed by atoms with E-state index in [-0.39, 0.29) is 35.9 Å². The van der Waals surface area contributed by atoms with Crippen LogP contribution in [0.25, 0.3) is 0 Å². The van der Waals surface area contributed by atoms with Crippen molar-refractivity contribution in [1.29, 1.82) is 0 Å². The van der Waals surface area contributed by atoms with Gasteiger partial charge >= 0.3 is 0 Å². The Bertz CT molecular complexity index is 590. The molecule has 0 saturated carbocycles. The monoisotopic (exact) mass is 480 g/mol. The Kier molecular flexibility index (Phi) is 8.08. The van der Waals surface area contributed by atoms with E-state index >= 15 is 0 Å². The van der Waals surface area contributed by atoms with Gasteiger partial charge in [-0.05, 0) is 30.5 Å².